The molecule has 0 N–H and O–H groups in total. The van der Waals surface area contributed by atoms with Crippen LogP contribution in [0.4, 0.5) is 0 Å². The van der Waals surface area contributed by atoms with Crippen LogP contribution in [0.5, 0.6) is 11.5 Å². The van der Waals surface area contributed by atoms with Crippen LogP contribution in [-0.4, -0.2) is 13.7 Å². The Morgan fingerprint density at radius 1 is 1.12 bits per heavy atom. The second-order valence-corrected chi connectivity index (χ2v) is 5.66. The first-order valence-electron chi connectivity index (χ1n) is 5.20. The second kappa shape index (κ2) is 6.50. The highest BCUT2D eigenvalue weighted by molar-refractivity contribution is 9.11. The second-order valence-electron chi connectivity index (χ2n) is 3.95. The van der Waals surface area contributed by atoms with Crippen LogP contribution in [0.2, 0.25) is 0 Å². The Labute approximate surface area is 114 Å². The summed E-state index contributed by atoms with van der Waals surface area (Å²) in [5.41, 5.74) is 0. The number of methoxy groups -OCH3 is 1. The van der Waals surface area contributed by atoms with Crippen molar-refractivity contribution in [2.75, 3.05) is 13.7 Å². The molecule has 0 bridgehead atoms. The molecule has 90 valence electrons. The van der Waals surface area contributed by atoms with Crippen molar-refractivity contribution in [2.24, 2.45) is 5.92 Å². The molecule has 0 heterocycles. The SMILES string of the molecule is COc1cc(Br)c(OCCC(C)C)cc1Br. The summed E-state index contributed by atoms with van der Waals surface area (Å²) in [6.07, 6.45) is 1.05. The molecule has 1 aromatic rings. The van der Waals surface area contributed by atoms with E-state index in [0.29, 0.717) is 5.92 Å². The molecule has 1 rings (SSSR count). The van der Waals surface area contributed by atoms with Crippen LogP contribution in [0.1, 0.15) is 20.3 Å². The van der Waals surface area contributed by atoms with Crippen LogP contribution in [0, 0.1) is 5.92 Å². The molecule has 0 unspecified atom stereocenters. The van der Waals surface area contributed by atoms with Crippen molar-refractivity contribution in [2.45, 2.75) is 20.3 Å². The average Bonchev–Trinajstić information content (AvgIpc) is 2.22. The van der Waals surface area contributed by atoms with Gasteiger partial charge in [0.05, 0.1) is 22.7 Å². The van der Waals surface area contributed by atoms with Crippen molar-refractivity contribution in [3.8, 4) is 11.5 Å². The van der Waals surface area contributed by atoms with Gasteiger partial charge in [-0.3, -0.25) is 0 Å². The lowest BCUT2D eigenvalue weighted by molar-refractivity contribution is 0.287. The van der Waals surface area contributed by atoms with Crippen LogP contribution in [0.15, 0.2) is 21.1 Å². The van der Waals surface area contributed by atoms with Crippen LogP contribution < -0.4 is 9.47 Å². The third-order valence-electron chi connectivity index (χ3n) is 2.16. The van der Waals surface area contributed by atoms with Crippen LogP contribution >= 0.6 is 31.9 Å². The van der Waals surface area contributed by atoms with Crippen LogP contribution in [-0.2, 0) is 0 Å². The van der Waals surface area contributed by atoms with Gasteiger partial charge in [0, 0.05) is 0 Å². The molecule has 0 spiro atoms. The van der Waals surface area contributed by atoms with E-state index in [4.69, 9.17) is 9.47 Å². The Morgan fingerprint density at radius 3 is 2.25 bits per heavy atom. The standard InChI is InChI=1S/C12H16Br2O2/c1-8(2)4-5-16-12-7-9(13)11(15-3)6-10(12)14/h6-8H,4-5H2,1-3H3. The maximum Gasteiger partial charge on any atom is 0.134 e. The lowest BCUT2D eigenvalue weighted by Crippen LogP contribution is -2.02. The molecule has 4 heteroatoms. The summed E-state index contributed by atoms with van der Waals surface area (Å²) in [5.74, 6) is 2.29. The summed E-state index contributed by atoms with van der Waals surface area (Å²) in [5, 5.41) is 0. The Bertz CT molecular complexity index is 351. The van der Waals surface area contributed by atoms with Gasteiger partial charge >= 0.3 is 0 Å². The lowest BCUT2D eigenvalue weighted by atomic mass is 10.1. The molecule has 0 aliphatic rings. The Morgan fingerprint density at radius 2 is 1.69 bits per heavy atom. The average molecular weight is 352 g/mol. The van der Waals surface area contributed by atoms with Crippen molar-refractivity contribution in [3.63, 3.8) is 0 Å². The predicted molar refractivity (Wildman–Crippen MR) is 73.3 cm³/mol. The molecule has 0 saturated carbocycles. The van der Waals surface area contributed by atoms with Gasteiger partial charge in [-0.05, 0) is 56.3 Å². The summed E-state index contributed by atoms with van der Waals surface area (Å²) in [4.78, 5) is 0. The molecule has 0 aromatic heterocycles. The molecule has 1 aromatic carbocycles. The molecule has 16 heavy (non-hydrogen) atoms. The highest BCUT2D eigenvalue weighted by Gasteiger charge is 2.08. The molecular weight excluding hydrogens is 336 g/mol. The van der Waals surface area contributed by atoms with E-state index < -0.39 is 0 Å². The molecule has 0 fully saturated rings. The van der Waals surface area contributed by atoms with Gasteiger partial charge in [-0.2, -0.15) is 0 Å². The zero-order valence-electron chi connectivity index (χ0n) is 9.72. The van der Waals surface area contributed by atoms with E-state index in [9.17, 15) is 0 Å². The van der Waals surface area contributed by atoms with Crippen molar-refractivity contribution in [1.29, 1.82) is 0 Å². The molecular formula is C12H16Br2O2. The quantitative estimate of drug-likeness (QED) is 0.769. The minimum Gasteiger partial charge on any atom is -0.496 e. The van der Waals surface area contributed by atoms with Crippen LogP contribution in [0.25, 0.3) is 0 Å². The third kappa shape index (κ3) is 3.98. The minimum atomic E-state index is 0.653. The topological polar surface area (TPSA) is 18.5 Å². The smallest absolute Gasteiger partial charge is 0.134 e. The fourth-order valence-corrected chi connectivity index (χ4v) is 2.10. The Balaban J connectivity index is 2.70. The van der Waals surface area contributed by atoms with Crippen LogP contribution in [0.3, 0.4) is 0 Å². The summed E-state index contributed by atoms with van der Waals surface area (Å²) in [6, 6.07) is 3.82. The van der Waals surface area contributed by atoms with Crippen molar-refractivity contribution in [1.82, 2.24) is 0 Å². The van der Waals surface area contributed by atoms with Gasteiger partial charge in [0.15, 0.2) is 0 Å². The van der Waals surface area contributed by atoms with E-state index in [-0.39, 0.29) is 0 Å². The van der Waals surface area contributed by atoms with E-state index in [0.717, 1.165) is 33.5 Å². The van der Waals surface area contributed by atoms with Gasteiger partial charge in [-0.15, -0.1) is 0 Å². The Kier molecular flexibility index (Phi) is 5.62. The fourth-order valence-electron chi connectivity index (χ4n) is 1.18. The monoisotopic (exact) mass is 350 g/mol. The number of ether oxygens (including phenoxy) is 2. The molecule has 0 atom stereocenters. The summed E-state index contributed by atoms with van der Waals surface area (Å²) in [6.45, 7) is 5.10. The van der Waals surface area contributed by atoms with E-state index in [1.807, 2.05) is 12.1 Å². The minimum absolute atomic E-state index is 0.653. The van der Waals surface area contributed by atoms with Gasteiger partial charge in [0.25, 0.3) is 0 Å². The van der Waals surface area contributed by atoms with E-state index >= 15 is 0 Å². The first-order valence-corrected chi connectivity index (χ1v) is 6.79. The number of benzene rings is 1. The highest BCUT2D eigenvalue weighted by atomic mass is 79.9. The van der Waals surface area contributed by atoms with Crippen molar-refractivity contribution < 1.29 is 9.47 Å². The van der Waals surface area contributed by atoms with E-state index in [1.54, 1.807) is 7.11 Å². The van der Waals surface area contributed by atoms with Crippen molar-refractivity contribution >= 4 is 31.9 Å². The number of rotatable bonds is 5. The van der Waals surface area contributed by atoms with Gasteiger partial charge in [0.2, 0.25) is 0 Å². The fraction of sp³-hybridized carbons (Fsp3) is 0.500. The first-order chi connectivity index (χ1) is 7.54. The summed E-state index contributed by atoms with van der Waals surface area (Å²) in [7, 11) is 1.64. The Hall–Kier alpha value is -0.220. The van der Waals surface area contributed by atoms with Gasteiger partial charge < -0.3 is 9.47 Å². The van der Waals surface area contributed by atoms with E-state index in [2.05, 4.69) is 45.7 Å². The summed E-state index contributed by atoms with van der Waals surface area (Å²) < 4.78 is 12.7. The number of halogens is 2. The zero-order valence-corrected chi connectivity index (χ0v) is 12.9. The lowest BCUT2D eigenvalue weighted by Gasteiger charge is -2.12. The number of hydrogen-bond donors (Lipinski definition) is 0. The van der Waals surface area contributed by atoms with E-state index in [1.165, 1.54) is 0 Å². The maximum absolute atomic E-state index is 5.70. The van der Waals surface area contributed by atoms with Crippen molar-refractivity contribution in [3.05, 3.63) is 21.1 Å². The molecule has 0 aliphatic carbocycles. The molecule has 2 nitrogen and oxygen atoms in total. The van der Waals surface area contributed by atoms with Gasteiger partial charge in [0.1, 0.15) is 11.5 Å². The zero-order chi connectivity index (χ0) is 12.1. The normalized spacial score (nSPS) is 10.6. The molecule has 0 radical (unpaired) electrons. The predicted octanol–water partition coefficient (Wildman–Crippen LogP) is 4.65. The summed E-state index contributed by atoms with van der Waals surface area (Å²) >= 11 is 6.90. The highest BCUT2D eigenvalue weighted by Crippen LogP contribution is 2.36. The largest absolute Gasteiger partial charge is 0.496 e. The molecule has 0 saturated heterocycles. The first kappa shape index (κ1) is 13.8. The maximum atomic E-state index is 5.70. The molecule has 0 amide bonds. The molecule has 0 aliphatic heterocycles. The number of hydrogen-bond acceptors (Lipinski definition) is 2. The van der Waals surface area contributed by atoms with Gasteiger partial charge in [-0.1, -0.05) is 13.8 Å². The van der Waals surface area contributed by atoms with Gasteiger partial charge in [-0.25, -0.2) is 0 Å². The third-order valence-corrected chi connectivity index (χ3v) is 3.40.